The SMILES string of the molecule is CC[C@H](C)[C@@H]([C@@H](CC(=O)N1C[C@H](OC)C[C@@H]1[C@H](OC)[C@@H](C)C(=O)N[C@H](C)C(=O)c1ccc(F)cc1)OC)N(C)C(=O)C(NC(=O)[C@@H](NC)C(C)C)C(C)C. The standard InChI is InChI=1S/C40H66FN5O8/c1-14-24(6)35(45(10)40(51)34(23(4)5)44-39(50)33(42-9)22(2)3)31(53-12)20-32(47)46-21-29(52-11)19-30(46)37(54-13)25(7)38(49)43-26(8)36(48)27-15-17-28(41)18-16-27/h15-18,22-26,29-31,33-35,37,42H,14,19-21H2,1-13H3,(H,43,49)(H,44,50)/t24-,25+,26+,29+,30+,31+,33-,34?,35-,37+/m0/s1. The second-order valence-corrected chi connectivity index (χ2v) is 15.3. The molecule has 0 aromatic heterocycles. The number of nitrogens with zero attached hydrogens (tertiary/aromatic N) is 2. The molecule has 1 aromatic rings. The van der Waals surface area contributed by atoms with E-state index in [0.717, 1.165) is 0 Å². The minimum atomic E-state index is -0.890. The van der Waals surface area contributed by atoms with Crippen LogP contribution in [0.15, 0.2) is 24.3 Å². The third-order valence-corrected chi connectivity index (χ3v) is 11.0. The Morgan fingerprint density at radius 3 is 1.96 bits per heavy atom. The number of amides is 4. The lowest BCUT2D eigenvalue weighted by Gasteiger charge is -2.41. The van der Waals surface area contributed by atoms with Gasteiger partial charge in [-0.1, -0.05) is 54.9 Å². The van der Waals surface area contributed by atoms with Crippen LogP contribution in [0.4, 0.5) is 4.39 Å². The Bertz CT molecular complexity index is 1390. The van der Waals surface area contributed by atoms with E-state index < -0.39 is 60.1 Å². The van der Waals surface area contributed by atoms with Gasteiger partial charge in [0.15, 0.2) is 5.78 Å². The van der Waals surface area contributed by atoms with Gasteiger partial charge in [-0.3, -0.25) is 24.0 Å². The maximum absolute atomic E-state index is 14.3. The molecule has 2 rings (SSSR count). The number of carbonyl (C=O) groups excluding carboxylic acids is 5. The third-order valence-electron chi connectivity index (χ3n) is 11.0. The number of methoxy groups -OCH3 is 3. The smallest absolute Gasteiger partial charge is 0.245 e. The summed E-state index contributed by atoms with van der Waals surface area (Å²) >= 11 is 0. The molecule has 1 aromatic carbocycles. The van der Waals surface area contributed by atoms with Crippen molar-refractivity contribution in [1.29, 1.82) is 0 Å². The van der Waals surface area contributed by atoms with Gasteiger partial charge in [0.05, 0.1) is 54.8 Å². The molecule has 0 radical (unpaired) electrons. The van der Waals surface area contributed by atoms with Crippen LogP contribution in [0.1, 0.15) is 85.0 Å². The average molecular weight is 764 g/mol. The second kappa shape index (κ2) is 21.6. The van der Waals surface area contributed by atoms with Gasteiger partial charge in [-0.25, -0.2) is 4.39 Å². The number of likely N-dealkylation sites (tertiary alicyclic amines) is 1. The highest BCUT2D eigenvalue weighted by atomic mass is 19.1. The normalized spacial score (nSPS) is 20.4. The number of hydrogen-bond acceptors (Lipinski definition) is 9. The van der Waals surface area contributed by atoms with Crippen LogP contribution in [0.5, 0.6) is 0 Å². The maximum atomic E-state index is 14.3. The summed E-state index contributed by atoms with van der Waals surface area (Å²) in [6.07, 6.45) is -0.725. The zero-order valence-electron chi connectivity index (χ0n) is 34.6. The van der Waals surface area contributed by atoms with Crippen molar-refractivity contribution in [2.24, 2.45) is 23.7 Å². The Morgan fingerprint density at radius 1 is 0.889 bits per heavy atom. The molecular formula is C40H66FN5O8. The molecule has 14 heteroatoms. The van der Waals surface area contributed by atoms with E-state index in [2.05, 4.69) is 16.0 Å². The Balaban J connectivity index is 2.32. The number of Topliss-reactive ketones (excluding diaryl/α,β-unsaturated/α-hetero) is 1. The summed E-state index contributed by atoms with van der Waals surface area (Å²) in [7, 11) is 7.97. The summed E-state index contributed by atoms with van der Waals surface area (Å²) in [4.78, 5) is 71.5. The summed E-state index contributed by atoms with van der Waals surface area (Å²) in [6.45, 7) is 15.2. The summed E-state index contributed by atoms with van der Waals surface area (Å²) in [5.74, 6) is -3.11. The molecule has 3 N–H and O–H groups in total. The Kier molecular flexibility index (Phi) is 18.7. The quantitative estimate of drug-likeness (QED) is 0.160. The highest BCUT2D eigenvalue weighted by molar-refractivity contribution is 6.01. The fraction of sp³-hybridized carbons (Fsp3) is 0.725. The maximum Gasteiger partial charge on any atom is 0.245 e. The molecule has 306 valence electrons. The molecule has 4 amide bonds. The average Bonchev–Trinajstić information content (AvgIpc) is 3.57. The molecule has 1 unspecified atom stereocenters. The Morgan fingerprint density at radius 2 is 1.48 bits per heavy atom. The summed E-state index contributed by atoms with van der Waals surface area (Å²) < 4.78 is 31.0. The molecule has 1 aliphatic rings. The van der Waals surface area contributed by atoms with E-state index in [4.69, 9.17) is 14.2 Å². The molecule has 0 bridgehead atoms. The summed E-state index contributed by atoms with van der Waals surface area (Å²) in [5.41, 5.74) is 0.268. The lowest BCUT2D eigenvalue weighted by molar-refractivity contribution is -0.148. The van der Waals surface area contributed by atoms with Crippen molar-refractivity contribution >= 4 is 29.4 Å². The molecule has 1 fully saturated rings. The van der Waals surface area contributed by atoms with Gasteiger partial charge in [-0.15, -0.1) is 0 Å². The number of rotatable bonds is 21. The van der Waals surface area contributed by atoms with Crippen LogP contribution in [0, 0.1) is 29.5 Å². The van der Waals surface area contributed by atoms with Crippen molar-refractivity contribution in [2.75, 3.05) is 42.0 Å². The van der Waals surface area contributed by atoms with Crippen LogP contribution in [0.2, 0.25) is 0 Å². The zero-order valence-corrected chi connectivity index (χ0v) is 34.6. The van der Waals surface area contributed by atoms with Crippen LogP contribution in [0.3, 0.4) is 0 Å². The molecule has 10 atom stereocenters. The van der Waals surface area contributed by atoms with Crippen molar-refractivity contribution in [3.05, 3.63) is 35.6 Å². The molecule has 1 heterocycles. The van der Waals surface area contributed by atoms with Gasteiger partial charge >= 0.3 is 0 Å². The van der Waals surface area contributed by atoms with Crippen LogP contribution < -0.4 is 16.0 Å². The zero-order chi connectivity index (χ0) is 41.0. The van der Waals surface area contributed by atoms with Gasteiger partial charge in [-0.05, 0) is 62.4 Å². The first-order valence-corrected chi connectivity index (χ1v) is 19.1. The van der Waals surface area contributed by atoms with Crippen LogP contribution in [-0.4, -0.2) is 130 Å². The largest absolute Gasteiger partial charge is 0.380 e. The van der Waals surface area contributed by atoms with E-state index in [9.17, 15) is 28.4 Å². The predicted octanol–water partition coefficient (Wildman–Crippen LogP) is 3.44. The van der Waals surface area contributed by atoms with Gasteiger partial charge in [-0.2, -0.15) is 0 Å². The first kappa shape index (κ1) is 46.7. The number of likely N-dealkylation sites (N-methyl/N-ethyl adjacent to an activating group) is 2. The minimum absolute atomic E-state index is 0.00941. The molecule has 1 saturated heterocycles. The highest BCUT2D eigenvalue weighted by Gasteiger charge is 2.46. The fourth-order valence-corrected chi connectivity index (χ4v) is 7.48. The molecule has 13 nitrogen and oxygen atoms in total. The van der Waals surface area contributed by atoms with Crippen LogP contribution >= 0.6 is 0 Å². The van der Waals surface area contributed by atoms with E-state index in [1.54, 1.807) is 44.9 Å². The minimum Gasteiger partial charge on any atom is -0.380 e. The number of ether oxygens (including phenoxy) is 3. The topological polar surface area (TPSA) is 156 Å². The lowest BCUT2D eigenvalue weighted by atomic mass is 9.89. The monoisotopic (exact) mass is 763 g/mol. The van der Waals surface area contributed by atoms with Crippen molar-refractivity contribution in [3.63, 3.8) is 0 Å². The first-order valence-electron chi connectivity index (χ1n) is 19.1. The number of nitrogens with one attached hydrogen (secondary N) is 3. The predicted molar refractivity (Wildman–Crippen MR) is 205 cm³/mol. The summed E-state index contributed by atoms with van der Waals surface area (Å²) in [6, 6.07) is 1.90. The van der Waals surface area contributed by atoms with Crippen LogP contribution in [-0.2, 0) is 33.4 Å². The van der Waals surface area contributed by atoms with E-state index in [1.807, 2.05) is 41.5 Å². The molecule has 0 aliphatic carbocycles. The number of ketones is 1. The van der Waals surface area contributed by atoms with Gasteiger partial charge in [0, 0.05) is 40.5 Å². The fourth-order valence-electron chi connectivity index (χ4n) is 7.48. The molecule has 54 heavy (non-hydrogen) atoms. The van der Waals surface area contributed by atoms with Gasteiger partial charge in [0.2, 0.25) is 23.6 Å². The molecule has 0 spiro atoms. The summed E-state index contributed by atoms with van der Waals surface area (Å²) in [5, 5.41) is 8.76. The van der Waals surface area contributed by atoms with E-state index in [1.165, 1.54) is 38.5 Å². The van der Waals surface area contributed by atoms with E-state index in [-0.39, 0.29) is 65.9 Å². The van der Waals surface area contributed by atoms with Crippen molar-refractivity contribution in [1.82, 2.24) is 25.8 Å². The molecule has 1 aliphatic heterocycles. The Hall–Kier alpha value is -3.46. The van der Waals surface area contributed by atoms with Crippen molar-refractivity contribution in [2.45, 2.75) is 123 Å². The number of halogens is 1. The van der Waals surface area contributed by atoms with Gasteiger partial charge < -0.3 is 40.0 Å². The van der Waals surface area contributed by atoms with E-state index in [0.29, 0.717) is 12.8 Å². The van der Waals surface area contributed by atoms with Crippen molar-refractivity contribution < 1.29 is 42.6 Å². The Labute approximate surface area is 321 Å². The lowest BCUT2D eigenvalue weighted by Crippen LogP contribution is -2.59. The number of benzene rings is 1. The third kappa shape index (κ3) is 11.8. The van der Waals surface area contributed by atoms with Gasteiger partial charge in [0.25, 0.3) is 0 Å². The molecule has 0 saturated carbocycles. The van der Waals surface area contributed by atoms with Gasteiger partial charge in [0.1, 0.15) is 11.9 Å². The number of carbonyl (C=O) groups is 5. The molecular weight excluding hydrogens is 697 g/mol. The van der Waals surface area contributed by atoms with Crippen molar-refractivity contribution in [3.8, 4) is 0 Å². The van der Waals surface area contributed by atoms with Crippen LogP contribution in [0.25, 0.3) is 0 Å². The first-order chi connectivity index (χ1) is 25.4. The second-order valence-electron chi connectivity index (χ2n) is 15.3. The number of hydrogen-bond donors (Lipinski definition) is 3. The highest BCUT2D eigenvalue weighted by Crippen LogP contribution is 2.31. The van der Waals surface area contributed by atoms with E-state index >= 15 is 0 Å².